The van der Waals surface area contributed by atoms with Crippen LogP contribution in [0.1, 0.15) is 67.3 Å². The van der Waals surface area contributed by atoms with Crippen LogP contribution in [0.15, 0.2) is 42.5 Å². The Kier molecular flexibility index (Phi) is 5.19. The molecule has 5 nitrogen and oxygen atoms in total. The quantitative estimate of drug-likeness (QED) is 0.638. The van der Waals surface area contributed by atoms with Crippen molar-refractivity contribution in [3.05, 3.63) is 59.4 Å². The van der Waals surface area contributed by atoms with Gasteiger partial charge in [-0.2, -0.15) is 0 Å². The van der Waals surface area contributed by atoms with E-state index in [1.807, 2.05) is 12.1 Å². The zero-order chi connectivity index (χ0) is 20.5. The van der Waals surface area contributed by atoms with Gasteiger partial charge in [-0.25, -0.2) is 4.98 Å². The first-order chi connectivity index (χ1) is 14.8. The molecule has 0 radical (unpaired) electrons. The average molecular weight is 404 g/mol. The second kappa shape index (κ2) is 8.13. The molecular formula is C25H29N3O2. The van der Waals surface area contributed by atoms with Crippen LogP contribution in [0, 0.1) is 5.92 Å². The lowest BCUT2D eigenvalue weighted by atomic mass is 9.76. The predicted octanol–water partition coefficient (Wildman–Crippen LogP) is 4.89. The summed E-state index contributed by atoms with van der Waals surface area (Å²) < 4.78 is 5.64. The molecule has 2 aliphatic rings. The van der Waals surface area contributed by atoms with Gasteiger partial charge in [0.2, 0.25) is 5.91 Å². The van der Waals surface area contributed by atoms with Gasteiger partial charge in [-0.15, -0.1) is 0 Å². The van der Waals surface area contributed by atoms with Crippen molar-refractivity contribution >= 4 is 16.9 Å². The molecule has 30 heavy (non-hydrogen) atoms. The van der Waals surface area contributed by atoms with Crippen molar-refractivity contribution in [3.8, 4) is 5.75 Å². The van der Waals surface area contributed by atoms with Crippen molar-refractivity contribution in [2.45, 2.75) is 50.4 Å². The Morgan fingerprint density at radius 3 is 2.53 bits per heavy atom. The van der Waals surface area contributed by atoms with Gasteiger partial charge in [0.05, 0.1) is 18.5 Å². The van der Waals surface area contributed by atoms with Crippen LogP contribution in [-0.2, 0) is 4.79 Å². The van der Waals surface area contributed by atoms with E-state index in [2.05, 4.69) is 40.6 Å². The molecule has 0 spiro atoms. The molecule has 3 aromatic rings. The number of methoxy groups -OCH3 is 1. The molecule has 1 amide bonds. The molecule has 2 heterocycles. The van der Waals surface area contributed by atoms with E-state index in [0.717, 1.165) is 41.1 Å². The van der Waals surface area contributed by atoms with Crippen molar-refractivity contribution in [1.29, 1.82) is 0 Å². The summed E-state index contributed by atoms with van der Waals surface area (Å²) in [6, 6.07) is 14.7. The normalized spacial score (nSPS) is 21.0. The van der Waals surface area contributed by atoms with Crippen molar-refractivity contribution < 1.29 is 9.53 Å². The molecule has 2 fully saturated rings. The monoisotopic (exact) mass is 403 g/mol. The summed E-state index contributed by atoms with van der Waals surface area (Å²) in [5, 5.41) is 2.96. The predicted molar refractivity (Wildman–Crippen MR) is 118 cm³/mol. The lowest BCUT2D eigenvalue weighted by molar-refractivity contribution is -0.120. The van der Waals surface area contributed by atoms with Gasteiger partial charge in [0.1, 0.15) is 17.1 Å². The number of imidazole rings is 1. The fourth-order valence-electron chi connectivity index (χ4n) is 5.38. The summed E-state index contributed by atoms with van der Waals surface area (Å²) in [5.74, 6) is 2.53. The van der Waals surface area contributed by atoms with E-state index in [0.29, 0.717) is 5.92 Å². The number of H-pyrrole nitrogens is 1. The van der Waals surface area contributed by atoms with E-state index >= 15 is 0 Å². The molecule has 2 N–H and O–H groups in total. The largest absolute Gasteiger partial charge is 0.494 e. The van der Waals surface area contributed by atoms with E-state index in [4.69, 9.17) is 9.72 Å². The van der Waals surface area contributed by atoms with Gasteiger partial charge in [0.25, 0.3) is 0 Å². The van der Waals surface area contributed by atoms with Crippen LogP contribution in [0.4, 0.5) is 0 Å². The number of hydrogen-bond acceptors (Lipinski definition) is 3. The molecule has 5 rings (SSSR count). The highest BCUT2D eigenvalue weighted by atomic mass is 16.5. The van der Waals surface area contributed by atoms with Crippen molar-refractivity contribution in [2.75, 3.05) is 13.7 Å². The van der Waals surface area contributed by atoms with Crippen LogP contribution in [0.5, 0.6) is 5.75 Å². The van der Waals surface area contributed by atoms with E-state index in [1.54, 1.807) is 7.11 Å². The first-order valence-corrected chi connectivity index (χ1v) is 11.2. The first-order valence-electron chi connectivity index (χ1n) is 11.2. The summed E-state index contributed by atoms with van der Waals surface area (Å²) >= 11 is 0. The van der Waals surface area contributed by atoms with E-state index in [9.17, 15) is 4.79 Å². The molecular weight excluding hydrogens is 374 g/mol. The number of amides is 1. The summed E-state index contributed by atoms with van der Waals surface area (Å²) in [5.41, 5.74) is 4.09. The van der Waals surface area contributed by atoms with Crippen molar-refractivity contribution in [1.82, 2.24) is 15.3 Å². The van der Waals surface area contributed by atoms with Crippen LogP contribution in [0.2, 0.25) is 0 Å². The second-order valence-corrected chi connectivity index (χ2v) is 8.62. The molecule has 1 saturated carbocycles. The Labute approximate surface area is 177 Å². The molecule has 2 atom stereocenters. The summed E-state index contributed by atoms with van der Waals surface area (Å²) in [4.78, 5) is 21.2. The minimum absolute atomic E-state index is 0.0953. The van der Waals surface area contributed by atoms with Gasteiger partial charge in [-0.3, -0.25) is 4.79 Å². The third kappa shape index (κ3) is 3.36. The topological polar surface area (TPSA) is 67.0 Å². The maximum atomic E-state index is 12.4. The third-order valence-electron chi connectivity index (χ3n) is 6.87. The molecule has 1 aliphatic carbocycles. The van der Waals surface area contributed by atoms with Crippen molar-refractivity contribution in [2.24, 2.45) is 5.92 Å². The Balaban J connectivity index is 1.65. The Morgan fingerprint density at radius 1 is 1.03 bits per heavy atom. The number of carbonyl (C=O) groups excluding carboxylic acids is 1. The second-order valence-electron chi connectivity index (χ2n) is 8.62. The van der Waals surface area contributed by atoms with Gasteiger partial charge in [-0.1, -0.05) is 55.7 Å². The molecule has 5 heteroatoms. The lowest BCUT2D eigenvalue weighted by Crippen LogP contribution is -2.19. The maximum Gasteiger partial charge on any atom is 0.227 e. The SMILES string of the molecule is COc1ccc(C2CCNC2=O)c2nc(C(c3ccccc3)C3CCCCC3)[nH]c12. The number of benzene rings is 2. The summed E-state index contributed by atoms with van der Waals surface area (Å²) in [6.07, 6.45) is 7.16. The highest BCUT2D eigenvalue weighted by Gasteiger charge is 2.32. The number of ether oxygens (including phenoxy) is 1. The lowest BCUT2D eigenvalue weighted by Gasteiger charge is -2.29. The zero-order valence-corrected chi connectivity index (χ0v) is 17.5. The van der Waals surface area contributed by atoms with Gasteiger partial charge in [0.15, 0.2) is 0 Å². The van der Waals surface area contributed by atoms with Crippen LogP contribution in [0.3, 0.4) is 0 Å². The Bertz CT molecular complexity index is 1040. The molecule has 2 aromatic carbocycles. The molecule has 1 saturated heterocycles. The summed E-state index contributed by atoms with van der Waals surface area (Å²) in [7, 11) is 1.69. The number of aromatic amines is 1. The first kappa shape index (κ1) is 19.2. The zero-order valence-electron chi connectivity index (χ0n) is 17.5. The minimum atomic E-state index is -0.139. The molecule has 1 aromatic heterocycles. The smallest absolute Gasteiger partial charge is 0.227 e. The van der Waals surface area contributed by atoms with Crippen molar-refractivity contribution in [3.63, 3.8) is 0 Å². The van der Waals surface area contributed by atoms with E-state index in [1.165, 1.54) is 37.7 Å². The summed E-state index contributed by atoms with van der Waals surface area (Å²) in [6.45, 7) is 0.725. The maximum absolute atomic E-state index is 12.4. The van der Waals surface area contributed by atoms with E-state index in [-0.39, 0.29) is 17.7 Å². The number of aromatic nitrogens is 2. The van der Waals surface area contributed by atoms with Crippen LogP contribution in [-0.4, -0.2) is 29.5 Å². The highest BCUT2D eigenvalue weighted by Crippen LogP contribution is 2.42. The van der Waals surface area contributed by atoms with Crippen LogP contribution < -0.4 is 10.1 Å². The highest BCUT2D eigenvalue weighted by molar-refractivity contribution is 5.93. The number of nitrogens with one attached hydrogen (secondary N) is 2. The standard InChI is InChI=1S/C25H29N3O2/c1-30-20-13-12-18(19-14-15-26-25(19)29)22-23(20)28-24(27-22)21(16-8-4-2-5-9-16)17-10-6-3-7-11-17/h2,4-5,8-9,12-13,17,19,21H,3,6-7,10-11,14-15H2,1H3,(H,26,29)(H,27,28). The average Bonchev–Trinajstić information content (AvgIpc) is 3.41. The number of hydrogen-bond donors (Lipinski definition) is 2. The fraction of sp³-hybridized carbons (Fsp3) is 0.440. The fourth-order valence-corrected chi connectivity index (χ4v) is 5.38. The van der Waals surface area contributed by atoms with Gasteiger partial charge in [-0.05, 0) is 42.4 Å². The van der Waals surface area contributed by atoms with E-state index < -0.39 is 0 Å². The van der Waals surface area contributed by atoms with Gasteiger partial charge in [0, 0.05) is 12.5 Å². The Hall–Kier alpha value is -2.82. The van der Waals surface area contributed by atoms with Crippen LogP contribution in [0.25, 0.3) is 11.0 Å². The molecule has 0 bridgehead atoms. The molecule has 156 valence electrons. The molecule has 2 unspecified atom stereocenters. The number of fused-ring (bicyclic) bond motifs is 1. The minimum Gasteiger partial charge on any atom is -0.494 e. The Morgan fingerprint density at radius 2 is 1.83 bits per heavy atom. The number of carbonyl (C=O) groups is 1. The third-order valence-corrected chi connectivity index (χ3v) is 6.87. The van der Waals surface area contributed by atoms with Gasteiger partial charge < -0.3 is 15.0 Å². The van der Waals surface area contributed by atoms with Gasteiger partial charge >= 0.3 is 0 Å². The van der Waals surface area contributed by atoms with Crippen LogP contribution >= 0.6 is 0 Å². The molecule has 1 aliphatic heterocycles. The number of rotatable bonds is 5. The number of nitrogens with zero attached hydrogens (tertiary/aromatic N) is 1.